The van der Waals surface area contributed by atoms with Crippen LogP contribution >= 0.6 is 11.3 Å². The second kappa shape index (κ2) is 11.7. The van der Waals surface area contributed by atoms with Gasteiger partial charge in [0.1, 0.15) is 0 Å². The van der Waals surface area contributed by atoms with E-state index in [0.717, 1.165) is 28.6 Å². The van der Waals surface area contributed by atoms with Gasteiger partial charge in [-0.15, -0.1) is 11.3 Å². The van der Waals surface area contributed by atoms with Crippen LogP contribution in [0.5, 0.6) is 0 Å². The van der Waals surface area contributed by atoms with Gasteiger partial charge in [-0.1, -0.05) is 18.9 Å². The molecule has 2 aromatic rings. The highest BCUT2D eigenvalue weighted by Gasteiger charge is 2.17. The van der Waals surface area contributed by atoms with Gasteiger partial charge < -0.3 is 20.4 Å². The summed E-state index contributed by atoms with van der Waals surface area (Å²) in [7, 11) is 0. The molecule has 0 saturated carbocycles. The topological polar surface area (TPSA) is 65.9 Å². The zero-order valence-corrected chi connectivity index (χ0v) is 18.6. The molecular formula is C23H33N4O2S+. The Bertz CT molecular complexity index is 784. The molecule has 7 heteroatoms. The van der Waals surface area contributed by atoms with E-state index in [1.807, 2.05) is 36.6 Å². The summed E-state index contributed by atoms with van der Waals surface area (Å²) in [6.45, 7) is 6.03. The number of nitrogens with one attached hydrogen (secondary N) is 3. The number of rotatable bonds is 9. The average molecular weight is 430 g/mol. The lowest BCUT2D eigenvalue weighted by Gasteiger charge is -2.23. The van der Waals surface area contributed by atoms with Crippen molar-refractivity contribution in [3.05, 3.63) is 46.7 Å². The Hall–Kier alpha value is -2.38. The Morgan fingerprint density at radius 3 is 2.33 bits per heavy atom. The molecule has 162 valence electrons. The molecule has 3 N–H and O–H groups in total. The summed E-state index contributed by atoms with van der Waals surface area (Å²) in [5.41, 5.74) is 2.02. The quantitative estimate of drug-likeness (QED) is 0.573. The first kappa shape index (κ1) is 22.3. The van der Waals surface area contributed by atoms with Crippen LogP contribution in [0, 0.1) is 0 Å². The van der Waals surface area contributed by atoms with Crippen LogP contribution in [0.25, 0.3) is 0 Å². The Morgan fingerprint density at radius 1 is 1.00 bits per heavy atom. The molecular weight excluding hydrogens is 396 g/mol. The minimum atomic E-state index is -0.0690. The second-order valence-electron chi connectivity index (χ2n) is 7.81. The van der Waals surface area contributed by atoms with E-state index in [4.69, 9.17) is 0 Å². The fourth-order valence-corrected chi connectivity index (χ4v) is 4.36. The van der Waals surface area contributed by atoms with Crippen molar-refractivity contribution >= 4 is 34.5 Å². The van der Waals surface area contributed by atoms with Crippen molar-refractivity contribution in [1.82, 2.24) is 5.32 Å². The molecule has 1 fully saturated rings. The number of anilines is 2. The highest BCUT2D eigenvalue weighted by atomic mass is 32.1. The number of likely N-dealkylation sites (N-methyl/N-ethyl adjacent to an activating group) is 1. The molecule has 0 aliphatic carbocycles. The van der Waals surface area contributed by atoms with Crippen molar-refractivity contribution < 1.29 is 14.5 Å². The third-order valence-corrected chi connectivity index (χ3v) is 6.36. The molecule has 1 atom stereocenters. The lowest BCUT2D eigenvalue weighted by molar-refractivity contribution is -0.881. The van der Waals surface area contributed by atoms with Gasteiger partial charge in [0.05, 0.1) is 13.1 Å². The smallest absolute Gasteiger partial charge is 0.279 e. The summed E-state index contributed by atoms with van der Waals surface area (Å²) < 4.78 is 0. The summed E-state index contributed by atoms with van der Waals surface area (Å²) in [5.74, 6) is -0.102. The number of hydrogen-bond acceptors (Lipinski definition) is 4. The van der Waals surface area contributed by atoms with E-state index in [1.54, 1.807) is 11.3 Å². The molecule has 2 amide bonds. The van der Waals surface area contributed by atoms with Crippen molar-refractivity contribution in [2.45, 2.75) is 39.2 Å². The van der Waals surface area contributed by atoms with Crippen LogP contribution in [0.15, 0.2) is 41.8 Å². The molecule has 6 nitrogen and oxygen atoms in total. The summed E-state index contributed by atoms with van der Waals surface area (Å²) in [5, 5.41) is 7.89. The highest BCUT2D eigenvalue weighted by Crippen LogP contribution is 2.21. The molecule has 1 unspecified atom stereocenters. The van der Waals surface area contributed by atoms with Crippen molar-refractivity contribution in [1.29, 1.82) is 0 Å². The van der Waals surface area contributed by atoms with Gasteiger partial charge in [-0.25, -0.2) is 0 Å². The van der Waals surface area contributed by atoms with E-state index < -0.39 is 0 Å². The van der Waals surface area contributed by atoms with Crippen molar-refractivity contribution in [3.8, 4) is 0 Å². The van der Waals surface area contributed by atoms with Crippen molar-refractivity contribution in [2.24, 2.45) is 0 Å². The highest BCUT2D eigenvalue weighted by molar-refractivity contribution is 7.09. The predicted octanol–water partition coefficient (Wildman–Crippen LogP) is 2.29. The third-order valence-electron chi connectivity index (χ3n) is 5.48. The number of amides is 2. The standard InChI is InChI=1S/C23H32N4O2S/c1-2-26(17-22(28)24-16-21-8-7-15-30-21)18-23(29)25-19-9-11-20(12-10-19)27-13-5-3-4-6-14-27/h7-12,15H,2-6,13-14,16-18H2,1H3,(H,24,28)(H,25,29)/p+1. The first-order chi connectivity index (χ1) is 14.6. The molecule has 30 heavy (non-hydrogen) atoms. The molecule has 1 aliphatic heterocycles. The Morgan fingerprint density at radius 2 is 1.70 bits per heavy atom. The van der Waals surface area contributed by atoms with Gasteiger partial charge in [0.25, 0.3) is 11.8 Å². The van der Waals surface area contributed by atoms with Crippen LogP contribution in [0.2, 0.25) is 0 Å². The second-order valence-corrected chi connectivity index (χ2v) is 8.84. The Balaban J connectivity index is 1.44. The zero-order chi connectivity index (χ0) is 21.2. The zero-order valence-electron chi connectivity index (χ0n) is 17.8. The molecule has 0 spiro atoms. The first-order valence-corrected chi connectivity index (χ1v) is 11.8. The molecule has 1 aliphatic rings. The van der Waals surface area contributed by atoms with E-state index in [-0.39, 0.29) is 18.4 Å². The van der Waals surface area contributed by atoms with Crippen LogP contribution in [0.3, 0.4) is 0 Å². The lowest BCUT2D eigenvalue weighted by Crippen LogP contribution is -3.13. The molecule has 3 rings (SSSR count). The lowest BCUT2D eigenvalue weighted by atomic mass is 10.2. The van der Waals surface area contributed by atoms with Gasteiger partial charge in [0, 0.05) is 29.3 Å². The van der Waals surface area contributed by atoms with Gasteiger partial charge in [0.15, 0.2) is 13.1 Å². The molecule has 1 aromatic heterocycles. The van der Waals surface area contributed by atoms with Crippen LogP contribution in [0.4, 0.5) is 11.4 Å². The van der Waals surface area contributed by atoms with Crippen LogP contribution < -0.4 is 20.4 Å². The first-order valence-electron chi connectivity index (χ1n) is 10.9. The summed E-state index contributed by atoms with van der Waals surface area (Å²) >= 11 is 1.62. The van der Waals surface area contributed by atoms with E-state index in [9.17, 15) is 9.59 Å². The van der Waals surface area contributed by atoms with Gasteiger partial charge in [-0.2, -0.15) is 0 Å². The SMILES string of the molecule is CC[NH+](CC(=O)NCc1cccs1)CC(=O)Nc1ccc(N2CCCCCC2)cc1. The van der Waals surface area contributed by atoms with Crippen molar-refractivity contribution in [2.75, 3.05) is 42.9 Å². The van der Waals surface area contributed by atoms with Gasteiger partial charge in [-0.05, 0) is 55.5 Å². The predicted molar refractivity (Wildman–Crippen MR) is 123 cm³/mol. The largest absolute Gasteiger partial charge is 0.372 e. The number of benzene rings is 1. The number of thiophene rings is 1. The minimum Gasteiger partial charge on any atom is -0.372 e. The number of quaternary nitrogens is 1. The van der Waals surface area contributed by atoms with Gasteiger partial charge in [-0.3, -0.25) is 9.59 Å². The van der Waals surface area contributed by atoms with E-state index in [0.29, 0.717) is 19.6 Å². The molecule has 2 heterocycles. The summed E-state index contributed by atoms with van der Waals surface area (Å²) in [4.78, 5) is 29.2. The molecule has 1 aromatic carbocycles. The Kier molecular flexibility index (Phi) is 8.71. The van der Waals surface area contributed by atoms with E-state index in [2.05, 4.69) is 27.7 Å². The third kappa shape index (κ3) is 7.15. The van der Waals surface area contributed by atoms with Gasteiger partial charge in [0.2, 0.25) is 0 Å². The van der Waals surface area contributed by atoms with E-state index in [1.165, 1.54) is 31.4 Å². The summed E-state index contributed by atoms with van der Waals surface area (Å²) in [6, 6.07) is 12.1. The molecule has 0 bridgehead atoms. The normalized spacial score (nSPS) is 15.3. The van der Waals surface area contributed by atoms with Crippen molar-refractivity contribution in [3.63, 3.8) is 0 Å². The maximum atomic E-state index is 12.5. The monoisotopic (exact) mass is 429 g/mol. The molecule has 0 radical (unpaired) electrons. The fraction of sp³-hybridized carbons (Fsp3) is 0.478. The number of hydrogen-bond donors (Lipinski definition) is 3. The number of carbonyl (C=O) groups excluding carboxylic acids is 2. The minimum absolute atomic E-state index is 0.0325. The maximum Gasteiger partial charge on any atom is 0.279 e. The summed E-state index contributed by atoms with van der Waals surface area (Å²) in [6.07, 6.45) is 5.12. The fourth-order valence-electron chi connectivity index (χ4n) is 3.72. The molecule has 1 saturated heterocycles. The maximum absolute atomic E-state index is 12.5. The van der Waals surface area contributed by atoms with Crippen LogP contribution in [-0.4, -0.2) is 44.5 Å². The van der Waals surface area contributed by atoms with Crippen LogP contribution in [0.1, 0.15) is 37.5 Å². The Labute approximate surface area is 183 Å². The van der Waals surface area contributed by atoms with Crippen LogP contribution in [-0.2, 0) is 16.1 Å². The van der Waals surface area contributed by atoms with E-state index >= 15 is 0 Å². The number of nitrogens with zero attached hydrogens (tertiary/aromatic N) is 1. The average Bonchev–Trinajstić information content (AvgIpc) is 3.13. The number of carbonyl (C=O) groups is 2. The van der Waals surface area contributed by atoms with Gasteiger partial charge >= 0.3 is 0 Å².